The van der Waals surface area contributed by atoms with Crippen molar-refractivity contribution in [3.8, 4) is 16.9 Å². The van der Waals surface area contributed by atoms with Gasteiger partial charge in [-0.05, 0) is 96.8 Å². The maximum Gasteiger partial charge on any atom is 0.252 e. The topological polar surface area (TPSA) is 71.8 Å². The van der Waals surface area contributed by atoms with Crippen molar-refractivity contribution in [1.29, 1.82) is 0 Å². The van der Waals surface area contributed by atoms with Gasteiger partial charge in [-0.2, -0.15) is 0 Å². The Bertz CT molecular complexity index is 1720. The number of ether oxygens (including phenoxy) is 1. The third kappa shape index (κ3) is 4.83. The van der Waals surface area contributed by atoms with E-state index in [2.05, 4.69) is 70.0 Å². The molecule has 1 aliphatic heterocycles. The summed E-state index contributed by atoms with van der Waals surface area (Å²) in [5.74, 6) is 0.586. The van der Waals surface area contributed by atoms with Gasteiger partial charge >= 0.3 is 0 Å². The first kappa shape index (κ1) is 24.7. The number of nitrogens with zero attached hydrogens (tertiary/aromatic N) is 4. The van der Waals surface area contributed by atoms with E-state index in [0.717, 1.165) is 58.2 Å². The van der Waals surface area contributed by atoms with Crippen LogP contribution in [-0.2, 0) is 5.54 Å². The lowest BCUT2D eigenvalue weighted by Gasteiger charge is -2.22. The highest BCUT2D eigenvalue weighted by Crippen LogP contribution is 2.49. The summed E-state index contributed by atoms with van der Waals surface area (Å²) in [4.78, 5) is 24.5. The number of hydrogen-bond acceptors (Lipinski definition) is 5. The van der Waals surface area contributed by atoms with Crippen molar-refractivity contribution in [2.24, 2.45) is 0 Å². The molecule has 0 atom stereocenters. The van der Waals surface area contributed by atoms with E-state index >= 15 is 0 Å². The summed E-state index contributed by atoms with van der Waals surface area (Å²) >= 11 is 0. The highest BCUT2D eigenvalue weighted by atomic mass is 16.5. The number of benzene rings is 2. The number of fused-ring (bicyclic) bond motifs is 2. The molecular weight excluding hydrogens is 486 g/mol. The Kier molecular flexibility index (Phi) is 6.27. The first-order valence-corrected chi connectivity index (χ1v) is 13.1. The summed E-state index contributed by atoms with van der Waals surface area (Å²) in [5.41, 5.74) is 6.20. The summed E-state index contributed by atoms with van der Waals surface area (Å²) in [6, 6.07) is 18.0. The number of nitrogens with one attached hydrogen (secondary N) is 1. The smallest absolute Gasteiger partial charge is 0.252 e. The Morgan fingerprint density at radius 1 is 1.03 bits per heavy atom. The third-order valence-corrected chi connectivity index (χ3v) is 7.50. The van der Waals surface area contributed by atoms with Crippen LogP contribution in [0.25, 0.3) is 27.7 Å². The Hall–Kier alpha value is -4.65. The molecule has 0 unspecified atom stereocenters. The zero-order valence-electron chi connectivity index (χ0n) is 22.4. The van der Waals surface area contributed by atoms with Crippen LogP contribution in [0.4, 0.5) is 0 Å². The molecule has 196 valence electrons. The van der Waals surface area contributed by atoms with Crippen molar-refractivity contribution in [1.82, 2.24) is 24.6 Å². The molecule has 0 bridgehead atoms. The zero-order valence-corrected chi connectivity index (χ0v) is 22.4. The maximum absolute atomic E-state index is 13.4. The van der Waals surface area contributed by atoms with Gasteiger partial charge in [0.25, 0.3) is 5.91 Å². The first-order chi connectivity index (χ1) is 19.0. The Balaban J connectivity index is 0.000000500. The van der Waals surface area contributed by atoms with Crippen LogP contribution >= 0.6 is 0 Å². The van der Waals surface area contributed by atoms with Crippen LogP contribution in [0.1, 0.15) is 34.3 Å². The van der Waals surface area contributed by atoms with Gasteiger partial charge in [-0.25, -0.2) is 4.98 Å². The molecule has 1 N–H and O–H groups in total. The number of hydrogen-bond donors (Lipinski definition) is 1. The second-order valence-electron chi connectivity index (χ2n) is 10.2. The number of aromatic nitrogens is 3. The molecule has 5 aromatic rings. The molecule has 1 amide bonds. The van der Waals surface area contributed by atoms with Crippen LogP contribution in [0, 0.1) is 6.92 Å². The lowest BCUT2D eigenvalue weighted by atomic mass is 9.93. The van der Waals surface area contributed by atoms with Gasteiger partial charge in [0.1, 0.15) is 11.4 Å². The lowest BCUT2D eigenvalue weighted by Crippen LogP contribution is -2.35. The summed E-state index contributed by atoms with van der Waals surface area (Å²) in [7, 11) is 3.67. The molecule has 7 rings (SSSR count). The summed E-state index contributed by atoms with van der Waals surface area (Å²) in [6.45, 7) is 3.08. The fourth-order valence-corrected chi connectivity index (χ4v) is 5.00. The normalized spacial score (nSPS) is 14.9. The van der Waals surface area contributed by atoms with Gasteiger partial charge in [0, 0.05) is 49.3 Å². The van der Waals surface area contributed by atoms with Crippen LogP contribution in [-0.4, -0.2) is 45.9 Å². The van der Waals surface area contributed by atoms with E-state index in [1.807, 2.05) is 48.0 Å². The van der Waals surface area contributed by atoms with Crippen molar-refractivity contribution in [2.45, 2.75) is 25.3 Å². The Morgan fingerprint density at radius 2 is 1.85 bits per heavy atom. The zero-order chi connectivity index (χ0) is 27.0. The number of rotatable bonds is 5. The quantitative estimate of drug-likeness (QED) is 0.322. The number of aryl methyl sites for hydroxylation is 1. The van der Waals surface area contributed by atoms with Crippen molar-refractivity contribution in [3.63, 3.8) is 0 Å². The first-order valence-electron chi connectivity index (χ1n) is 13.1. The number of likely N-dealkylation sites (N-methyl/N-ethyl adjacent to an activating group) is 1. The van der Waals surface area contributed by atoms with E-state index in [9.17, 15) is 4.79 Å². The molecule has 39 heavy (non-hydrogen) atoms. The number of pyridine rings is 2. The van der Waals surface area contributed by atoms with E-state index in [1.54, 1.807) is 19.4 Å². The molecule has 0 spiro atoms. The van der Waals surface area contributed by atoms with Crippen molar-refractivity contribution >= 4 is 22.5 Å². The standard InChI is InChI=1S/C28H24N4O2.C4H7N/c1-18-5-7-21(34-2)16-23(18)27(33)31-28(9-10-28)24-14-20(15-25-22(24)4-3-11-29-25)19-6-8-26-30-12-13-32(26)17-19;1-5-3-2-4-5/h3-8,11-17H,9-10H2,1-2H3,(H,31,33);2-3H,4H2,1H3. The molecule has 7 nitrogen and oxygen atoms in total. The minimum Gasteiger partial charge on any atom is -0.497 e. The number of amides is 1. The number of imidazole rings is 1. The summed E-state index contributed by atoms with van der Waals surface area (Å²) < 4.78 is 7.35. The van der Waals surface area contributed by atoms with Crippen LogP contribution in [0.2, 0.25) is 0 Å². The average molecular weight is 518 g/mol. The molecule has 1 aliphatic carbocycles. The monoisotopic (exact) mass is 517 g/mol. The molecule has 1 saturated carbocycles. The number of carbonyl (C=O) groups excluding carboxylic acids is 1. The van der Waals surface area contributed by atoms with E-state index < -0.39 is 5.54 Å². The second-order valence-corrected chi connectivity index (χ2v) is 10.2. The number of carbonyl (C=O) groups is 1. The fraction of sp³-hybridized carbons (Fsp3) is 0.219. The Labute approximate surface area is 227 Å². The van der Waals surface area contributed by atoms with Gasteiger partial charge in [0.15, 0.2) is 0 Å². The second kappa shape index (κ2) is 9.91. The van der Waals surface area contributed by atoms with E-state index in [0.29, 0.717) is 11.3 Å². The van der Waals surface area contributed by atoms with Crippen LogP contribution in [0.15, 0.2) is 91.7 Å². The Morgan fingerprint density at radius 3 is 2.56 bits per heavy atom. The molecule has 3 aromatic heterocycles. The molecule has 0 saturated heterocycles. The predicted molar refractivity (Wildman–Crippen MR) is 154 cm³/mol. The van der Waals surface area contributed by atoms with Gasteiger partial charge in [-0.3, -0.25) is 9.78 Å². The van der Waals surface area contributed by atoms with Crippen LogP contribution in [0.5, 0.6) is 5.75 Å². The molecule has 0 radical (unpaired) electrons. The third-order valence-electron chi connectivity index (χ3n) is 7.50. The maximum atomic E-state index is 13.4. The summed E-state index contributed by atoms with van der Waals surface area (Å²) in [6.07, 6.45) is 13.6. The van der Waals surface area contributed by atoms with E-state index in [-0.39, 0.29) is 5.91 Å². The molecule has 1 fully saturated rings. The minimum atomic E-state index is -0.414. The largest absolute Gasteiger partial charge is 0.497 e. The highest BCUT2D eigenvalue weighted by molar-refractivity contribution is 5.98. The van der Waals surface area contributed by atoms with Gasteiger partial charge in [-0.1, -0.05) is 12.1 Å². The van der Waals surface area contributed by atoms with Crippen molar-refractivity contribution in [2.75, 3.05) is 20.7 Å². The molecule has 2 aromatic carbocycles. The van der Waals surface area contributed by atoms with Gasteiger partial charge < -0.3 is 19.4 Å². The van der Waals surface area contributed by atoms with Gasteiger partial charge in [0.05, 0.1) is 18.2 Å². The summed E-state index contributed by atoms with van der Waals surface area (Å²) in [5, 5.41) is 4.42. The lowest BCUT2D eigenvalue weighted by molar-refractivity contribution is 0.0930. The van der Waals surface area contributed by atoms with Crippen LogP contribution < -0.4 is 10.1 Å². The van der Waals surface area contributed by atoms with Gasteiger partial charge in [0.2, 0.25) is 0 Å². The van der Waals surface area contributed by atoms with Crippen molar-refractivity contribution in [3.05, 3.63) is 108 Å². The highest BCUT2D eigenvalue weighted by Gasteiger charge is 2.47. The fourth-order valence-electron chi connectivity index (χ4n) is 5.00. The molecule has 7 heteroatoms. The van der Waals surface area contributed by atoms with Crippen molar-refractivity contribution < 1.29 is 9.53 Å². The van der Waals surface area contributed by atoms with Gasteiger partial charge in [-0.15, -0.1) is 0 Å². The number of methoxy groups -OCH3 is 1. The van der Waals surface area contributed by atoms with E-state index in [4.69, 9.17) is 4.74 Å². The minimum absolute atomic E-state index is 0.0869. The van der Waals surface area contributed by atoms with Crippen LogP contribution in [0.3, 0.4) is 0 Å². The average Bonchev–Trinajstić information content (AvgIpc) is 3.56. The van der Waals surface area contributed by atoms with E-state index in [1.165, 1.54) is 0 Å². The predicted octanol–water partition coefficient (Wildman–Crippen LogP) is 5.73. The molecule has 2 aliphatic rings. The SMILES string of the molecule is CN1C=CC1.COc1ccc(C)c(C(=O)NC2(c3cc(-c4ccc5nccn5c4)cc4ncccc34)CC2)c1. The molecule has 4 heterocycles. The molecular formula is C32H31N5O2.